The Morgan fingerprint density at radius 2 is 2.06 bits per heavy atom. The van der Waals surface area contributed by atoms with Crippen LogP contribution in [0.2, 0.25) is 0 Å². The first-order valence-corrected chi connectivity index (χ1v) is 6.40. The average Bonchev–Trinajstić information content (AvgIpc) is 3.02. The summed E-state index contributed by atoms with van der Waals surface area (Å²) in [5, 5.41) is 13.8. The molecule has 1 heterocycles. The second-order valence-corrected chi connectivity index (χ2v) is 5.30. The molecular weight excluding hydrogens is 204 g/mol. The van der Waals surface area contributed by atoms with Crippen LogP contribution in [-0.4, -0.2) is 61.5 Å². The van der Waals surface area contributed by atoms with Crippen LogP contribution in [0.5, 0.6) is 0 Å². The van der Waals surface area contributed by atoms with Gasteiger partial charge in [-0.3, -0.25) is 0 Å². The van der Waals surface area contributed by atoms with Gasteiger partial charge in [-0.2, -0.15) is 0 Å². The van der Waals surface area contributed by atoms with E-state index in [1.54, 1.807) is 0 Å². The summed E-state index contributed by atoms with van der Waals surface area (Å²) in [6.07, 6.45) is 4.22. The molecule has 0 unspecified atom stereocenters. The van der Waals surface area contributed by atoms with Crippen LogP contribution >= 0.6 is 0 Å². The Balaban J connectivity index is 1.62. The molecule has 1 aliphatic heterocycles. The van der Waals surface area contributed by atoms with E-state index >= 15 is 0 Å². The molecule has 1 saturated carbocycles. The van der Waals surface area contributed by atoms with Crippen LogP contribution in [0.4, 0.5) is 0 Å². The molecule has 2 N–H and O–H groups in total. The Bertz CT molecular complexity index is 213. The minimum atomic E-state index is -0.521. The maximum atomic E-state index is 10.3. The van der Waals surface area contributed by atoms with Gasteiger partial charge in [-0.25, -0.2) is 0 Å². The van der Waals surface area contributed by atoms with Crippen molar-refractivity contribution in [1.82, 2.24) is 10.2 Å². The first-order valence-electron chi connectivity index (χ1n) is 6.40. The molecule has 1 aliphatic carbocycles. The van der Waals surface area contributed by atoms with Gasteiger partial charge in [0, 0.05) is 51.7 Å². The molecule has 16 heavy (non-hydrogen) atoms. The van der Waals surface area contributed by atoms with E-state index in [4.69, 9.17) is 4.74 Å². The third-order valence-corrected chi connectivity index (χ3v) is 3.49. The molecule has 0 bridgehead atoms. The van der Waals surface area contributed by atoms with Crippen molar-refractivity contribution in [2.45, 2.75) is 37.3 Å². The van der Waals surface area contributed by atoms with Gasteiger partial charge in [0.15, 0.2) is 0 Å². The fourth-order valence-corrected chi connectivity index (χ4v) is 2.24. The lowest BCUT2D eigenvalue weighted by molar-refractivity contribution is -0.0766. The molecule has 94 valence electrons. The van der Waals surface area contributed by atoms with E-state index in [0.717, 1.165) is 38.5 Å². The van der Waals surface area contributed by atoms with Gasteiger partial charge in [-0.1, -0.05) is 0 Å². The Labute approximate surface area is 98.0 Å². The van der Waals surface area contributed by atoms with Crippen molar-refractivity contribution in [2.24, 2.45) is 0 Å². The van der Waals surface area contributed by atoms with Crippen molar-refractivity contribution in [2.75, 3.05) is 39.9 Å². The molecule has 2 rings (SSSR count). The highest BCUT2D eigenvalue weighted by atomic mass is 16.5. The minimum absolute atomic E-state index is 0.521. The van der Waals surface area contributed by atoms with Crippen molar-refractivity contribution in [3.63, 3.8) is 0 Å². The van der Waals surface area contributed by atoms with Crippen molar-refractivity contribution in [1.29, 1.82) is 0 Å². The molecular formula is C12H24N2O2. The summed E-state index contributed by atoms with van der Waals surface area (Å²) in [4.78, 5) is 2.22. The van der Waals surface area contributed by atoms with E-state index in [0.29, 0.717) is 13.2 Å². The van der Waals surface area contributed by atoms with Crippen LogP contribution in [0.1, 0.15) is 25.7 Å². The predicted octanol–water partition coefficient (Wildman–Crippen LogP) is 0.212. The number of nitrogens with zero attached hydrogens (tertiary/aromatic N) is 1. The van der Waals surface area contributed by atoms with Gasteiger partial charge in [0.1, 0.15) is 0 Å². The average molecular weight is 228 g/mol. The number of aliphatic hydroxyl groups is 1. The Morgan fingerprint density at radius 3 is 2.69 bits per heavy atom. The lowest BCUT2D eigenvalue weighted by Crippen LogP contribution is -2.47. The van der Waals surface area contributed by atoms with Crippen LogP contribution in [0, 0.1) is 0 Å². The van der Waals surface area contributed by atoms with E-state index in [1.807, 2.05) is 0 Å². The number of hydrogen-bond donors (Lipinski definition) is 2. The Morgan fingerprint density at radius 1 is 1.38 bits per heavy atom. The predicted molar refractivity (Wildman–Crippen MR) is 63.5 cm³/mol. The fourth-order valence-electron chi connectivity index (χ4n) is 2.24. The topological polar surface area (TPSA) is 44.7 Å². The summed E-state index contributed by atoms with van der Waals surface area (Å²) in [6.45, 7) is 4.21. The van der Waals surface area contributed by atoms with Crippen LogP contribution in [0.15, 0.2) is 0 Å². The summed E-state index contributed by atoms with van der Waals surface area (Å²) in [5.74, 6) is 0. The van der Waals surface area contributed by atoms with Gasteiger partial charge in [0.25, 0.3) is 0 Å². The van der Waals surface area contributed by atoms with Crippen molar-refractivity contribution >= 4 is 0 Å². The largest absolute Gasteiger partial charge is 0.388 e. The van der Waals surface area contributed by atoms with E-state index < -0.39 is 5.60 Å². The van der Waals surface area contributed by atoms with Crippen molar-refractivity contribution in [3.8, 4) is 0 Å². The zero-order valence-electron chi connectivity index (χ0n) is 10.2. The zero-order valence-corrected chi connectivity index (χ0v) is 10.2. The molecule has 0 aromatic rings. The normalized spacial score (nSPS) is 24.9. The molecule has 0 radical (unpaired) electrons. The quantitative estimate of drug-likeness (QED) is 0.682. The third-order valence-electron chi connectivity index (χ3n) is 3.49. The molecule has 0 aromatic heterocycles. The third kappa shape index (κ3) is 4.01. The Kier molecular flexibility index (Phi) is 4.19. The second kappa shape index (κ2) is 5.45. The summed E-state index contributed by atoms with van der Waals surface area (Å²) in [7, 11) is 2.09. The summed E-state index contributed by atoms with van der Waals surface area (Å²) < 4.78 is 5.28. The van der Waals surface area contributed by atoms with E-state index in [-0.39, 0.29) is 0 Å². The SMILES string of the molecule is CN(CCNC1CC1)CC1(O)CCOCC1. The molecule has 0 amide bonds. The maximum Gasteiger partial charge on any atom is 0.0817 e. The first-order chi connectivity index (χ1) is 7.68. The highest BCUT2D eigenvalue weighted by Crippen LogP contribution is 2.21. The van der Waals surface area contributed by atoms with E-state index in [2.05, 4.69) is 17.3 Å². The number of likely N-dealkylation sites (N-methyl/N-ethyl adjacent to an activating group) is 1. The molecule has 2 aliphatic rings. The summed E-state index contributed by atoms with van der Waals surface area (Å²) >= 11 is 0. The first kappa shape index (κ1) is 12.3. The van der Waals surface area contributed by atoms with Crippen LogP contribution in [0.25, 0.3) is 0 Å². The molecule has 4 heteroatoms. The lowest BCUT2D eigenvalue weighted by Gasteiger charge is -2.35. The van der Waals surface area contributed by atoms with Gasteiger partial charge in [-0.05, 0) is 19.9 Å². The highest BCUT2D eigenvalue weighted by Gasteiger charge is 2.30. The zero-order chi connectivity index (χ0) is 11.4. The molecule has 0 atom stereocenters. The van der Waals surface area contributed by atoms with Gasteiger partial charge in [0.2, 0.25) is 0 Å². The molecule has 0 spiro atoms. The van der Waals surface area contributed by atoms with Crippen molar-refractivity contribution < 1.29 is 9.84 Å². The van der Waals surface area contributed by atoms with Gasteiger partial charge in [0.05, 0.1) is 5.60 Å². The summed E-state index contributed by atoms with van der Waals surface area (Å²) in [5.41, 5.74) is -0.521. The smallest absolute Gasteiger partial charge is 0.0817 e. The maximum absolute atomic E-state index is 10.3. The Hall–Kier alpha value is -0.160. The fraction of sp³-hybridized carbons (Fsp3) is 1.00. The lowest BCUT2D eigenvalue weighted by atomic mass is 9.94. The van der Waals surface area contributed by atoms with E-state index in [1.165, 1.54) is 12.8 Å². The molecule has 4 nitrogen and oxygen atoms in total. The minimum Gasteiger partial charge on any atom is -0.388 e. The standard InChI is InChI=1S/C12H24N2O2/c1-14(7-6-13-11-2-3-11)10-12(15)4-8-16-9-5-12/h11,13,15H,2-10H2,1H3. The molecule has 2 fully saturated rings. The molecule has 1 saturated heterocycles. The van der Waals surface area contributed by atoms with Crippen LogP contribution in [-0.2, 0) is 4.74 Å². The number of rotatable bonds is 6. The van der Waals surface area contributed by atoms with E-state index in [9.17, 15) is 5.11 Å². The van der Waals surface area contributed by atoms with Gasteiger partial charge < -0.3 is 20.1 Å². The number of nitrogens with one attached hydrogen (secondary N) is 1. The molecule has 0 aromatic carbocycles. The monoisotopic (exact) mass is 228 g/mol. The van der Waals surface area contributed by atoms with Crippen LogP contribution in [0.3, 0.4) is 0 Å². The van der Waals surface area contributed by atoms with Crippen molar-refractivity contribution in [3.05, 3.63) is 0 Å². The second-order valence-electron chi connectivity index (χ2n) is 5.30. The summed E-state index contributed by atoms with van der Waals surface area (Å²) in [6, 6.07) is 0.777. The van der Waals surface area contributed by atoms with Crippen LogP contribution < -0.4 is 5.32 Å². The number of ether oxygens (including phenoxy) is 1. The number of hydrogen-bond acceptors (Lipinski definition) is 4. The van der Waals surface area contributed by atoms with Gasteiger partial charge >= 0.3 is 0 Å². The highest BCUT2D eigenvalue weighted by molar-refractivity contribution is 4.85. The van der Waals surface area contributed by atoms with Gasteiger partial charge in [-0.15, -0.1) is 0 Å².